The molecule has 0 radical (unpaired) electrons. The molecule has 1 N–H and O–H groups in total. The van der Waals surface area contributed by atoms with Gasteiger partial charge in [-0.1, -0.05) is 0 Å². The van der Waals surface area contributed by atoms with Crippen LogP contribution >= 0.6 is 0 Å². The number of carbonyl (C=O) groups is 1. The summed E-state index contributed by atoms with van der Waals surface area (Å²) in [4.78, 5) is 22.6. The minimum atomic E-state index is -1.73. The molecular weight excluding hydrogens is 291 g/mol. The highest BCUT2D eigenvalue weighted by Crippen LogP contribution is 2.41. The van der Waals surface area contributed by atoms with Crippen molar-refractivity contribution in [3.63, 3.8) is 0 Å². The molecule has 1 aliphatic rings. The van der Waals surface area contributed by atoms with Gasteiger partial charge in [0.1, 0.15) is 6.17 Å². The van der Waals surface area contributed by atoms with E-state index in [2.05, 4.69) is 4.74 Å². The summed E-state index contributed by atoms with van der Waals surface area (Å²) in [6.07, 6.45) is -2.03. The lowest BCUT2D eigenvalue weighted by molar-refractivity contribution is 0.143. The van der Waals surface area contributed by atoms with Crippen LogP contribution in [-0.2, 0) is 0 Å². The monoisotopic (exact) mass is 299 g/mol. The number of aromatic nitrogens is 1. The number of pyridine rings is 1. The molecule has 110 valence electrons. The summed E-state index contributed by atoms with van der Waals surface area (Å²) in [5, 5.41) is 8.31. The summed E-state index contributed by atoms with van der Waals surface area (Å²) in [7, 11) is 0. The number of benzene rings is 1. The zero-order valence-corrected chi connectivity index (χ0v) is 10.3. The highest BCUT2D eigenvalue weighted by molar-refractivity contribution is 5.82. The highest BCUT2D eigenvalue weighted by Gasteiger charge is 2.40. The average Bonchev–Trinajstić information content (AvgIpc) is 3.13. The van der Waals surface area contributed by atoms with E-state index >= 15 is 0 Å². The van der Waals surface area contributed by atoms with E-state index in [1.807, 2.05) is 0 Å². The van der Waals surface area contributed by atoms with Gasteiger partial charge in [-0.15, -0.1) is 0 Å². The Labute approximate surface area is 115 Å². The van der Waals surface area contributed by atoms with Gasteiger partial charge in [0.15, 0.2) is 17.4 Å². The number of halogens is 3. The SMILES string of the molecule is O=C(O)Oc1cn([C@@H]2C[C@@H]2F)c2c(F)c(F)ccc2c1=O. The molecule has 0 unspecified atom stereocenters. The van der Waals surface area contributed by atoms with E-state index in [1.165, 1.54) is 0 Å². The summed E-state index contributed by atoms with van der Waals surface area (Å²) < 4.78 is 45.9. The molecule has 1 fully saturated rings. The van der Waals surface area contributed by atoms with Crippen molar-refractivity contribution in [3.05, 3.63) is 40.2 Å². The van der Waals surface area contributed by atoms with Gasteiger partial charge in [-0.25, -0.2) is 18.0 Å². The number of ether oxygens (including phenoxy) is 1. The molecule has 1 aromatic heterocycles. The average molecular weight is 299 g/mol. The Morgan fingerprint density at radius 2 is 2.05 bits per heavy atom. The number of nitrogens with zero attached hydrogens (tertiary/aromatic N) is 1. The van der Waals surface area contributed by atoms with E-state index in [0.29, 0.717) is 0 Å². The second-order valence-electron chi connectivity index (χ2n) is 4.67. The van der Waals surface area contributed by atoms with Crippen molar-refractivity contribution in [3.8, 4) is 5.75 Å². The summed E-state index contributed by atoms with van der Waals surface area (Å²) >= 11 is 0. The Kier molecular flexibility index (Phi) is 2.89. The van der Waals surface area contributed by atoms with Gasteiger partial charge in [-0.2, -0.15) is 0 Å². The standard InChI is InChI=1S/C13H8F3NO4/c14-6-2-1-5-11(10(6)16)17(8-3-7(8)15)4-9(12(5)18)21-13(19)20/h1-2,4,7-8H,3H2,(H,19,20)/t7-,8+/m0/s1. The summed E-state index contributed by atoms with van der Waals surface area (Å²) in [5.74, 6) is -3.05. The Balaban J connectivity index is 2.35. The second kappa shape index (κ2) is 4.51. The first-order valence-corrected chi connectivity index (χ1v) is 5.98. The quantitative estimate of drug-likeness (QED) is 0.865. The zero-order chi connectivity index (χ0) is 15.3. The summed E-state index contributed by atoms with van der Waals surface area (Å²) in [6, 6.07) is 0.977. The lowest BCUT2D eigenvalue weighted by atomic mass is 10.2. The molecule has 2 aromatic rings. The normalized spacial score (nSPS) is 20.5. The van der Waals surface area contributed by atoms with E-state index < -0.39 is 46.7 Å². The number of fused-ring (bicyclic) bond motifs is 1. The molecule has 0 amide bonds. The van der Waals surface area contributed by atoms with Crippen molar-refractivity contribution in [2.45, 2.75) is 18.6 Å². The van der Waals surface area contributed by atoms with Crippen LogP contribution in [0.4, 0.5) is 18.0 Å². The third-order valence-electron chi connectivity index (χ3n) is 3.29. The lowest BCUT2D eigenvalue weighted by Crippen LogP contribution is -2.17. The highest BCUT2D eigenvalue weighted by atomic mass is 19.2. The molecule has 0 spiro atoms. The fourth-order valence-corrected chi connectivity index (χ4v) is 2.23. The smallest absolute Gasteiger partial charge is 0.449 e. The van der Waals surface area contributed by atoms with Gasteiger partial charge in [0, 0.05) is 6.42 Å². The van der Waals surface area contributed by atoms with Gasteiger partial charge >= 0.3 is 6.16 Å². The van der Waals surface area contributed by atoms with Gasteiger partial charge in [0.25, 0.3) is 0 Å². The summed E-state index contributed by atoms with van der Waals surface area (Å²) in [5.41, 5.74) is -1.30. The van der Waals surface area contributed by atoms with E-state index in [-0.39, 0.29) is 11.8 Å². The molecular formula is C13H8F3NO4. The first kappa shape index (κ1) is 13.5. The van der Waals surface area contributed by atoms with Gasteiger partial charge in [0.05, 0.1) is 23.1 Å². The number of carboxylic acid groups (broad SMARTS) is 1. The van der Waals surface area contributed by atoms with Crippen LogP contribution in [0.5, 0.6) is 5.75 Å². The summed E-state index contributed by atoms with van der Waals surface area (Å²) in [6.45, 7) is 0. The predicted molar refractivity (Wildman–Crippen MR) is 65.3 cm³/mol. The minimum Gasteiger partial charge on any atom is -0.449 e. The number of hydrogen-bond acceptors (Lipinski definition) is 3. The molecule has 8 heteroatoms. The molecule has 21 heavy (non-hydrogen) atoms. The molecule has 0 bridgehead atoms. The van der Waals surface area contributed by atoms with Crippen molar-refractivity contribution in [2.75, 3.05) is 0 Å². The van der Waals surface area contributed by atoms with Crippen LogP contribution in [0.25, 0.3) is 10.9 Å². The van der Waals surface area contributed by atoms with Crippen molar-refractivity contribution in [1.29, 1.82) is 0 Å². The predicted octanol–water partition coefficient (Wildman–Crippen LogP) is 2.62. The third kappa shape index (κ3) is 2.12. The Morgan fingerprint density at radius 3 is 2.62 bits per heavy atom. The molecule has 3 rings (SSSR count). The third-order valence-corrected chi connectivity index (χ3v) is 3.29. The van der Waals surface area contributed by atoms with Crippen LogP contribution in [0.3, 0.4) is 0 Å². The van der Waals surface area contributed by atoms with E-state index in [9.17, 15) is 22.8 Å². The van der Waals surface area contributed by atoms with Gasteiger partial charge in [-0.05, 0) is 12.1 Å². The van der Waals surface area contributed by atoms with Crippen LogP contribution in [0, 0.1) is 11.6 Å². The Morgan fingerprint density at radius 1 is 1.38 bits per heavy atom. The molecule has 2 atom stereocenters. The number of rotatable bonds is 2. The maximum absolute atomic E-state index is 13.9. The maximum Gasteiger partial charge on any atom is 0.511 e. The molecule has 0 saturated heterocycles. The Bertz CT molecular complexity index is 817. The molecule has 1 saturated carbocycles. The molecule has 1 aromatic carbocycles. The van der Waals surface area contributed by atoms with Gasteiger partial charge < -0.3 is 14.4 Å². The van der Waals surface area contributed by atoms with Crippen LogP contribution in [0.2, 0.25) is 0 Å². The van der Waals surface area contributed by atoms with Crippen LogP contribution in [0.15, 0.2) is 23.1 Å². The van der Waals surface area contributed by atoms with Crippen LogP contribution in [0.1, 0.15) is 12.5 Å². The topological polar surface area (TPSA) is 68.5 Å². The van der Waals surface area contributed by atoms with E-state index in [1.54, 1.807) is 0 Å². The van der Waals surface area contributed by atoms with E-state index in [4.69, 9.17) is 5.11 Å². The van der Waals surface area contributed by atoms with Crippen LogP contribution < -0.4 is 10.2 Å². The molecule has 1 aliphatic carbocycles. The molecule has 0 aliphatic heterocycles. The van der Waals surface area contributed by atoms with Gasteiger partial charge in [-0.3, -0.25) is 4.79 Å². The van der Waals surface area contributed by atoms with Crippen molar-refractivity contribution in [2.24, 2.45) is 0 Å². The Hall–Kier alpha value is -2.51. The largest absolute Gasteiger partial charge is 0.511 e. The second-order valence-corrected chi connectivity index (χ2v) is 4.67. The minimum absolute atomic E-state index is 0.0699. The fraction of sp³-hybridized carbons (Fsp3) is 0.231. The number of hydrogen-bond donors (Lipinski definition) is 1. The van der Waals surface area contributed by atoms with Crippen molar-refractivity contribution >= 4 is 17.1 Å². The van der Waals surface area contributed by atoms with E-state index in [0.717, 1.165) is 22.9 Å². The first-order chi connectivity index (χ1) is 9.90. The van der Waals surface area contributed by atoms with Crippen molar-refractivity contribution < 1.29 is 27.8 Å². The molecule has 5 nitrogen and oxygen atoms in total. The fourth-order valence-electron chi connectivity index (χ4n) is 2.23. The lowest BCUT2D eigenvalue weighted by Gasteiger charge is -2.12. The van der Waals surface area contributed by atoms with Crippen LogP contribution in [-0.4, -0.2) is 22.0 Å². The number of alkyl halides is 1. The maximum atomic E-state index is 13.9. The van der Waals surface area contributed by atoms with Gasteiger partial charge in [0.2, 0.25) is 5.43 Å². The first-order valence-electron chi connectivity index (χ1n) is 5.98. The molecule has 1 heterocycles. The zero-order valence-electron chi connectivity index (χ0n) is 10.3. The van der Waals surface area contributed by atoms with Crippen molar-refractivity contribution in [1.82, 2.24) is 4.57 Å².